The third kappa shape index (κ3) is 3.55. The van der Waals surface area contributed by atoms with Gasteiger partial charge in [0, 0.05) is 6.20 Å². The van der Waals surface area contributed by atoms with Gasteiger partial charge in [-0.25, -0.2) is 0 Å². The molecule has 2 aliphatic rings. The fraction of sp³-hybridized carbons (Fsp3) is 0.400. The number of para-hydroxylation sites is 1. The minimum Gasteiger partial charge on any atom is -0.495 e. The number of amides is 1. The van der Waals surface area contributed by atoms with Crippen LogP contribution in [0, 0.1) is 5.92 Å². The number of hydrogen-bond donors (Lipinski definition) is 2. The van der Waals surface area contributed by atoms with Crippen molar-refractivity contribution in [1.82, 2.24) is 10.3 Å². The first-order valence-corrected chi connectivity index (χ1v) is 9.02. The van der Waals surface area contributed by atoms with E-state index < -0.39 is 0 Å². The number of methoxy groups -OCH3 is 1. The Kier molecular flexibility index (Phi) is 4.85. The highest BCUT2D eigenvalue weighted by Gasteiger charge is 2.36. The van der Waals surface area contributed by atoms with Crippen molar-refractivity contribution in [2.45, 2.75) is 25.0 Å². The Morgan fingerprint density at radius 2 is 2.11 bits per heavy atom. The van der Waals surface area contributed by atoms with E-state index in [0.29, 0.717) is 48.9 Å². The van der Waals surface area contributed by atoms with Crippen LogP contribution in [-0.2, 0) is 0 Å². The Morgan fingerprint density at radius 1 is 1.30 bits per heavy atom. The molecule has 7 heteroatoms. The van der Waals surface area contributed by atoms with E-state index in [2.05, 4.69) is 10.3 Å². The van der Waals surface area contributed by atoms with Crippen LogP contribution in [0.15, 0.2) is 36.7 Å². The zero-order valence-corrected chi connectivity index (χ0v) is 15.1. The third-order valence-corrected chi connectivity index (χ3v) is 5.05. The fourth-order valence-corrected chi connectivity index (χ4v) is 3.56. The smallest absolute Gasteiger partial charge is 0.255 e. The molecule has 2 heterocycles. The standard InChI is InChI=1S/C20H22N2O5/c1-25-15-9-13(10-21-11-15)18(12-7-14(23)8-12)22-20(24)16-3-2-4-17-19(16)27-6-5-26-17/h2-4,9-12,14,18,23H,5-8H2,1H3,(H,22,24)/t12?,14?,18-/m0/s1. The molecule has 27 heavy (non-hydrogen) atoms. The number of benzene rings is 1. The largest absolute Gasteiger partial charge is 0.495 e. The van der Waals surface area contributed by atoms with E-state index >= 15 is 0 Å². The highest BCUT2D eigenvalue weighted by Crippen LogP contribution is 2.39. The highest BCUT2D eigenvalue weighted by atomic mass is 16.6. The van der Waals surface area contributed by atoms with E-state index in [1.54, 1.807) is 37.7 Å². The molecule has 0 saturated heterocycles. The normalized spacial score (nSPS) is 21.7. The van der Waals surface area contributed by atoms with Crippen LogP contribution in [0.5, 0.6) is 17.2 Å². The zero-order valence-electron chi connectivity index (χ0n) is 15.1. The summed E-state index contributed by atoms with van der Waals surface area (Å²) in [7, 11) is 1.58. The van der Waals surface area contributed by atoms with Crippen LogP contribution in [0.2, 0.25) is 0 Å². The van der Waals surface area contributed by atoms with Gasteiger partial charge in [0.2, 0.25) is 0 Å². The summed E-state index contributed by atoms with van der Waals surface area (Å²) in [5.74, 6) is 1.56. The maximum atomic E-state index is 13.0. The van der Waals surface area contributed by atoms with Gasteiger partial charge in [-0.1, -0.05) is 6.07 Å². The lowest BCUT2D eigenvalue weighted by Crippen LogP contribution is -2.41. The maximum Gasteiger partial charge on any atom is 0.255 e. The quantitative estimate of drug-likeness (QED) is 0.838. The van der Waals surface area contributed by atoms with Crippen LogP contribution in [0.3, 0.4) is 0 Å². The summed E-state index contributed by atoms with van der Waals surface area (Å²) in [6.07, 6.45) is 4.28. The number of pyridine rings is 1. The summed E-state index contributed by atoms with van der Waals surface area (Å²) in [6, 6.07) is 6.88. The first-order chi connectivity index (χ1) is 13.2. The van der Waals surface area contributed by atoms with Gasteiger partial charge in [-0.05, 0) is 42.5 Å². The van der Waals surface area contributed by atoms with Gasteiger partial charge in [0.05, 0.1) is 31.0 Å². The van der Waals surface area contributed by atoms with Crippen molar-refractivity contribution in [3.8, 4) is 17.2 Å². The Morgan fingerprint density at radius 3 is 2.89 bits per heavy atom. The average molecular weight is 370 g/mol. The summed E-state index contributed by atoms with van der Waals surface area (Å²) in [5.41, 5.74) is 1.29. The second-order valence-electron chi connectivity index (χ2n) is 6.82. The summed E-state index contributed by atoms with van der Waals surface area (Å²) in [6.45, 7) is 0.880. The number of nitrogens with zero attached hydrogens (tertiary/aromatic N) is 1. The first kappa shape index (κ1) is 17.6. The van der Waals surface area contributed by atoms with Gasteiger partial charge in [-0.2, -0.15) is 0 Å². The van der Waals surface area contributed by atoms with E-state index in [-0.39, 0.29) is 24.0 Å². The van der Waals surface area contributed by atoms with Gasteiger partial charge in [0.25, 0.3) is 5.91 Å². The summed E-state index contributed by atoms with van der Waals surface area (Å²) >= 11 is 0. The molecule has 1 aliphatic carbocycles. The minimum absolute atomic E-state index is 0.134. The Balaban J connectivity index is 1.61. The second kappa shape index (κ2) is 7.44. The number of carbonyl (C=O) groups is 1. The van der Waals surface area contributed by atoms with Gasteiger partial charge in [-0.3, -0.25) is 9.78 Å². The van der Waals surface area contributed by atoms with Crippen molar-refractivity contribution in [3.05, 3.63) is 47.8 Å². The number of hydrogen-bond acceptors (Lipinski definition) is 6. The Labute approximate surface area is 157 Å². The van der Waals surface area contributed by atoms with Crippen molar-refractivity contribution in [1.29, 1.82) is 0 Å². The average Bonchev–Trinajstić information content (AvgIpc) is 2.69. The van der Waals surface area contributed by atoms with Crippen molar-refractivity contribution >= 4 is 5.91 Å². The molecular formula is C20H22N2O5. The molecule has 7 nitrogen and oxygen atoms in total. The summed E-state index contributed by atoms with van der Waals surface area (Å²) < 4.78 is 16.5. The SMILES string of the molecule is COc1cncc([C@@H](NC(=O)c2cccc3c2OCCO3)C2CC(O)C2)c1. The van der Waals surface area contributed by atoms with Gasteiger partial charge >= 0.3 is 0 Å². The summed E-state index contributed by atoms with van der Waals surface area (Å²) in [4.78, 5) is 17.2. The van der Waals surface area contributed by atoms with Crippen LogP contribution < -0.4 is 19.5 Å². The maximum absolute atomic E-state index is 13.0. The van der Waals surface area contributed by atoms with E-state index in [0.717, 1.165) is 5.56 Å². The topological polar surface area (TPSA) is 89.9 Å². The molecule has 0 radical (unpaired) electrons. The Hall–Kier alpha value is -2.80. The van der Waals surface area contributed by atoms with Crippen LogP contribution in [0.25, 0.3) is 0 Å². The van der Waals surface area contributed by atoms with Crippen molar-refractivity contribution in [2.24, 2.45) is 5.92 Å². The number of carbonyl (C=O) groups excluding carboxylic acids is 1. The number of aliphatic hydroxyl groups excluding tert-OH is 1. The van der Waals surface area contributed by atoms with Gasteiger partial charge in [-0.15, -0.1) is 0 Å². The lowest BCUT2D eigenvalue weighted by atomic mass is 9.75. The van der Waals surface area contributed by atoms with Gasteiger partial charge in [0.15, 0.2) is 11.5 Å². The lowest BCUT2D eigenvalue weighted by Gasteiger charge is -2.38. The van der Waals surface area contributed by atoms with Crippen LogP contribution >= 0.6 is 0 Å². The van der Waals surface area contributed by atoms with E-state index in [4.69, 9.17) is 14.2 Å². The second-order valence-corrected chi connectivity index (χ2v) is 6.82. The van der Waals surface area contributed by atoms with E-state index in [9.17, 15) is 9.90 Å². The summed E-state index contributed by atoms with van der Waals surface area (Å²) in [5, 5.41) is 12.8. The van der Waals surface area contributed by atoms with Crippen LogP contribution in [-0.4, -0.2) is 42.4 Å². The van der Waals surface area contributed by atoms with Crippen molar-refractivity contribution in [3.63, 3.8) is 0 Å². The number of aromatic nitrogens is 1. The molecule has 0 bridgehead atoms. The van der Waals surface area contributed by atoms with Crippen molar-refractivity contribution < 1.29 is 24.1 Å². The molecule has 4 rings (SSSR count). The predicted octanol–water partition coefficient (Wildman–Crippen LogP) is 2.10. The van der Waals surface area contributed by atoms with Crippen LogP contribution in [0.4, 0.5) is 0 Å². The molecule has 1 amide bonds. The third-order valence-electron chi connectivity index (χ3n) is 5.05. The monoisotopic (exact) mass is 370 g/mol. The minimum atomic E-state index is -0.325. The van der Waals surface area contributed by atoms with Gasteiger partial charge in [0.1, 0.15) is 19.0 Å². The zero-order chi connectivity index (χ0) is 18.8. The molecule has 1 fully saturated rings. The molecule has 1 aliphatic heterocycles. The number of nitrogens with one attached hydrogen (secondary N) is 1. The molecule has 1 aromatic heterocycles. The molecule has 142 valence electrons. The number of ether oxygens (including phenoxy) is 3. The molecule has 0 spiro atoms. The fourth-order valence-electron chi connectivity index (χ4n) is 3.56. The van der Waals surface area contributed by atoms with Crippen LogP contribution in [0.1, 0.15) is 34.8 Å². The Bertz CT molecular complexity index is 835. The van der Waals surface area contributed by atoms with Gasteiger partial charge < -0.3 is 24.6 Å². The van der Waals surface area contributed by atoms with E-state index in [1.165, 1.54) is 0 Å². The van der Waals surface area contributed by atoms with E-state index in [1.807, 2.05) is 6.07 Å². The molecule has 1 aromatic carbocycles. The first-order valence-electron chi connectivity index (χ1n) is 9.02. The number of rotatable bonds is 5. The molecule has 2 aromatic rings. The molecular weight excluding hydrogens is 348 g/mol. The predicted molar refractivity (Wildman–Crippen MR) is 97.2 cm³/mol. The number of fused-ring (bicyclic) bond motifs is 1. The van der Waals surface area contributed by atoms with Crippen molar-refractivity contribution in [2.75, 3.05) is 20.3 Å². The highest BCUT2D eigenvalue weighted by molar-refractivity contribution is 5.98. The number of aliphatic hydroxyl groups is 1. The molecule has 2 N–H and O–H groups in total. The lowest BCUT2D eigenvalue weighted by molar-refractivity contribution is 0.0233. The molecule has 1 saturated carbocycles. The molecule has 1 atom stereocenters. The molecule has 0 unspecified atom stereocenters.